The predicted octanol–water partition coefficient (Wildman–Crippen LogP) is 2.51. The van der Waals surface area contributed by atoms with Crippen molar-refractivity contribution in [1.82, 2.24) is 0 Å². The number of rotatable bonds is 5. The smallest absolute Gasteiger partial charge is 0.312 e. The van der Waals surface area contributed by atoms with Gasteiger partial charge in [0.25, 0.3) is 0 Å². The summed E-state index contributed by atoms with van der Waals surface area (Å²) in [7, 11) is 1.26. The van der Waals surface area contributed by atoms with E-state index in [9.17, 15) is 14.7 Å². The zero-order valence-corrected chi connectivity index (χ0v) is 12.4. The molecule has 0 saturated heterocycles. The minimum absolute atomic E-state index is 0.0355. The van der Waals surface area contributed by atoms with Crippen LogP contribution < -0.4 is 0 Å². The van der Waals surface area contributed by atoms with Crippen molar-refractivity contribution >= 4 is 11.8 Å². The molecule has 0 saturated carbocycles. The van der Waals surface area contributed by atoms with Crippen LogP contribution in [0.3, 0.4) is 0 Å². The minimum atomic E-state index is -1.05. The number of carbonyl (C=O) groups excluding carboxylic acids is 2. The lowest BCUT2D eigenvalue weighted by molar-refractivity contribution is -0.152. The van der Waals surface area contributed by atoms with E-state index in [-0.39, 0.29) is 12.2 Å². The number of Topliss-reactive ketones (excluding diaryl/α,β-unsaturated/α-hetero) is 1. The second-order valence-electron chi connectivity index (χ2n) is 5.86. The Hall–Kier alpha value is -1.68. The Kier molecular flexibility index (Phi) is 5.45. The highest BCUT2D eigenvalue weighted by Crippen LogP contribution is 2.29. The maximum absolute atomic E-state index is 12.1. The van der Waals surface area contributed by atoms with Crippen LogP contribution in [0.2, 0.25) is 0 Å². The highest BCUT2D eigenvalue weighted by molar-refractivity contribution is 5.88. The van der Waals surface area contributed by atoms with E-state index in [0.29, 0.717) is 5.56 Å². The lowest BCUT2D eigenvalue weighted by Gasteiger charge is -2.24. The van der Waals surface area contributed by atoms with E-state index in [4.69, 9.17) is 4.74 Å². The van der Waals surface area contributed by atoms with Gasteiger partial charge in [0, 0.05) is 11.8 Å². The summed E-state index contributed by atoms with van der Waals surface area (Å²) in [6, 6.07) is 8.82. The average Bonchev–Trinajstić information content (AvgIpc) is 2.42. The van der Waals surface area contributed by atoms with E-state index >= 15 is 0 Å². The van der Waals surface area contributed by atoms with Crippen molar-refractivity contribution in [1.29, 1.82) is 0 Å². The Morgan fingerprint density at radius 1 is 1.20 bits per heavy atom. The molecule has 1 aromatic rings. The third-order valence-corrected chi connectivity index (χ3v) is 3.27. The van der Waals surface area contributed by atoms with Gasteiger partial charge in [-0.05, 0) is 5.56 Å². The molecule has 0 unspecified atom stereocenters. The highest BCUT2D eigenvalue weighted by atomic mass is 16.5. The van der Waals surface area contributed by atoms with Gasteiger partial charge in [0.05, 0.1) is 19.1 Å². The Morgan fingerprint density at radius 3 is 2.20 bits per heavy atom. The van der Waals surface area contributed by atoms with Gasteiger partial charge in [0.1, 0.15) is 5.78 Å². The van der Waals surface area contributed by atoms with Gasteiger partial charge in [-0.15, -0.1) is 0 Å². The molecule has 1 N–H and O–H groups in total. The molecule has 0 heterocycles. The molecule has 0 aromatic heterocycles. The van der Waals surface area contributed by atoms with E-state index in [1.165, 1.54) is 7.11 Å². The van der Waals surface area contributed by atoms with Crippen LogP contribution in [0.1, 0.15) is 38.9 Å². The molecule has 0 aliphatic rings. The SMILES string of the molecule is COC(=O)[C@@H](CC(=O)C(C)(C)C)[C@H](O)c1ccccc1. The first kappa shape index (κ1) is 16.4. The van der Waals surface area contributed by atoms with Gasteiger partial charge in [-0.1, -0.05) is 51.1 Å². The lowest BCUT2D eigenvalue weighted by Crippen LogP contribution is -2.31. The Balaban J connectivity index is 2.96. The van der Waals surface area contributed by atoms with Crippen molar-refractivity contribution in [3.8, 4) is 0 Å². The summed E-state index contributed by atoms with van der Waals surface area (Å²) in [6.07, 6.45) is -1.08. The molecule has 0 aliphatic heterocycles. The van der Waals surface area contributed by atoms with Gasteiger partial charge in [0.15, 0.2) is 0 Å². The fraction of sp³-hybridized carbons (Fsp3) is 0.500. The standard InChI is InChI=1S/C16H22O4/c1-16(2,3)13(17)10-12(15(19)20-4)14(18)11-8-6-5-7-9-11/h5-9,12,14,18H,10H2,1-4H3/t12-,14+/m0/s1. The summed E-state index contributed by atoms with van der Waals surface area (Å²) in [5.41, 5.74) is 0.0486. The average molecular weight is 278 g/mol. The Labute approximate surface area is 119 Å². The normalized spacial score (nSPS) is 14.4. The summed E-state index contributed by atoms with van der Waals surface area (Å²) in [5.74, 6) is -1.53. The van der Waals surface area contributed by atoms with Crippen LogP contribution in [0.25, 0.3) is 0 Å². The molecule has 0 spiro atoms. The van der Waals surface area contributed by atoms with E-state index in [1.807, 2.05) is 6.07 Å². The number of esters is 1. The number of hydrogen-bond acceptors (Lipinski definition) is 4. The number of ketones is 1. The maximum Gasteiger partial charge on any atom is 0.312 e. The molecule has 0 aliphatic carbocycles. The fourth-order valence-electron chi connectivity index (χ4n) is 1.86. The van der Waals surface area contributed by atoms with Crippen molar-refractivity contribution in [2.45, 2.75) is 33.3 Å². The van der Waals surface area contributed by atoms with Crippen molar-refractivity contribution in [2.24, 2.45) is 11.3 Å². The second-order valence-corrected chi connectivity index (χ2v) is 5.86. The van der Waals surface area contributed by atoms with Crippen LogP contribution in [0.5, 0.6) is 0 Å². The van der Waals surface area contributed by atoms with Crippen LogP contribution >= 0.6 is 0 Å². The molecule has 2 atom stereocenters. The Morgan fingerprint density at radius 2 is 1.75 bits per heavy atom. The number of carbonyl (C=O) groups is 2. The molecule has 4 nitrogen and oxygen atoms in total. The third-order valence-electron chi connectivity index (χ3n) is 3.27. The highest BCUT2D eigenvalue weighted by Gasteiger charge is 2.34. The molecule has 1 aromatic carbocycles. The third kappa shape index (κ3) is 4.17. The summed E-state index contributed by atoms with van der Waals surface area (Å²) in [4.78, 5) is 24.0. The van der Waals surface area contributed by atoms with E-state index in [2.05, 4.69) is 0 Å². The van der Waals surface area contributed by atoms with Gasteiger partial charge in [-0.25, -0.2) is 0 Å². The van der Waals surface area contributed by atoms with E-state index < -0.39 is 23.4 Å². The van der Waals surface area contributed by atoms with Crippen LogP contribution in [-0.4, -0.2) is 24.0 Å². The van der Waals surface area contributed by atoms with Crippen molar-refractivity contribution in [3.05, 3.63) is 35.9 Å². The van der Waals surface area contributed by atoms with Crippen molar-refractivity contribution in [3.63, 3.8) is 0 Å². The monoisotopic (exact) mass is 278 g/mol. The van der Waals surface area contributed by atoms with Crippen LogP contribution in [0.15, 0.2) is 30.3 Å². The first-order chi connectivity index (χ1) is 9.27. The van der Waals surface area contributed by atoms with E-state index in [0.717, 1.165) is 0 Å². The molecule has 0 bridgehead atoms. The van der Waals surface area contributed by atoms with Gasteiger partial charge in [0.2, 0.25) is 0 Å². The van der Waals surface area contributed by atoms with Crippen molar-refractivity contribution < 1.29 is 19.4 Å². The molecule has 4 heteroatoms. The molecular formula is C16H22O4. The number of aliphatic hydroxyl groups excluding tert-OH is 1. The van der Waals surface area contributed by atoms with Gasteiger partial charge < -0.3 is 9.84 Å². The molecule has 20 heavy (non-hydrogen) atoms. The molecule has 110 valence electrons. The predicted molar refractivity (Wildman–Crippen MR) is 76.0 cm³/mol. The lowest BCUT2D eigenvalue weighted by atomic mass is 9.82. The summed E-state index contributed by atoms with van der Waals surface area (Å²) in [5, 5.41) is 10.3. The van der Waals surface area contributed by atoms with Crippen LogP contribution in [0, 0.1) is 11.3 Å². The zero-order chi connectivity index (χ0) is 15.3. The Bertz CT molecular complexity index is 459. The number of methoxy groups -OCH3 is 1. The zero-order valence-electron chi connectivity index (χ0n) is 12.4. The number of hydrogen-bond donors (Lipinski definition) is 1. The summed E-state index contributed by atoms with van der Waals surface area (Å²) >= 11 is 0. The molecule has 0 radical (unpaired) electrons. The fourth-order valence-corrected chi connectivity index (χ4v) is 1.86. The van der Waals surface area contributed by atoms with Gasteiger partial charge >= 0.3 is 5.97 Å². The molecular weight excluding hydrogens is 256 g/mol. The largest absolute Gasteiger partial charge is 0.469 e. The van der Waals surface area contributed by atoms with Crippen LogP contribution in [0.4, 0.5) is 0 Å². The second kappa shape index (κ2) is 6.66. The number of aliphatic hydroxyl groups is 1. The molecule has 0 amide bonds. The molecule has 1 rings (SSSR count). The maximum atomic E-state index is 12.1. The number of benzene rings is 1. The topological polar surface area (TPSA) is 63.6 Å². The number of ether oxygens (including phenoxy) is 1. The van der Waals surface area contributed by atoms with Crippen LogP contribution in [-0.2, 0) is 14.3 Å². The minimum Gasteiger partial charge on any atom is -0.469 e. The van der Waals surface area contributed by atoms with Crippen molar-refractivity contribution in [2.75, 3.05) is 7.11 Å². The summed E-state index contributed by atoms with van der Waals surface area (Å²) < 4.78 is 4.72. The van der Waals surface area contributed by atoms with Gasteiger partial charge in [-0.3, -0.25) is 9.59 Å². The summed E-state index contributed by atoms with van der Waals surface area (Å²) in [6.45, 7) is 5.37. The first-order valence-electron chi connectivity index (χ1n) is 6.61. The quantitative estimate of drug-likeness (QED) is 0.841. The van der Waals surface area contributed by atoms with E-state index in [1.54, 1.807) is 45.0 Å². The molecule has 0 fully saturated rings. The van der Waals surface area contributed by atoms with Gasteiger partial charge in [-0.2, -0.15) is 0 Å². The first-order valence-corrected chi connectivity index (χ1v) is 6.61.